The molecule has 0 radical (unpaired) electrons. The minimum Gasteiger partial charge on any atom is -0.497 e. The van der Waals surface area contributed by atoms with Gasteiger partial charge < -0.3 is 10.1 Å². The second-order valence-electron chi connectivity index (χ2n) is 6.06. The van der Waals surface area contributed by atoms with Crippen LogP contribution in [0, 0.1) is 5.92 Å². The number of carbonyl (C=O) groups excluding carboxylic acids is 1. The number of amides is 1. The van der Waals surface area contributed by atoms with Crippen LogP contribution in [0.3, 0.4) is 0 Å². The number of benzene rings is 1. The molecule has 24 heavy (non-hydrogen) atoms. The van der Waals surface area contributed by atoms with Crippen LogP contribution in [0.5, 0.6) is 5.75 Å². The molecule has 1 heterocycles. The Kier molecular flexibility index (Phi) is 6.62. The van der Waals surface area contributed by atoms with Crippen LogP contribution < -0.4 is 10.1 Å². The molecular weight excluding hydrogens is 328 g/mol. The number of nitrogens with one attached hydrogen (secondary N) is 1. The van der Waals surface area contributed by atoms with Gasteiger partial charge in [-0.15, -0.1) is 0 Å². The molecule has 134 valence electrons. The molecule has 1 saturated heterocycles. The predicted molar refractivity (Wildman–Crippen MR) is 94.6 cm³/mol. The fourth-order valence-corrected chi connectivity index (χ4v) is 4.45. The average molecular weight is 354 g/mol. The Morgan fingerprint density at radius 3 is 2.42 bits per heavy atom. The van der Waals surface area contributed by atoms with Crippen molar-refractivity contribution >= 4 is 21.6 Å². The molecule has 0 saturated carbocycles. The van der Waals surface area contributed by atoms with Crippen molar-refractivity contribution in [2.45, 2.75) is 32.6 Å². The number of carbonyl (C=O) groups is 1. The van der Waals surface area contributed by atoms with E-state index in [1.165, 1.54) is 4.31 Å². The second kappa shape index (κ2) is 8.48. The van der Waals surface area contributed by atoms with Gasteiger partial charge in [0.1, 0.15) is 5.75 Å². The molecule has 0 bridgehead atoms. The molecule has 1 aliphatic heterocycles. The van der Waals surface area contributed by atoms with Crippen molar-refractivity contribution in [3.63, 3.8) is 0 Å². The van der Waals surface area contributed by atoms with Crippen molar-refractivity contribution in [3.8, 4) is 5.75 Å². The van der Waals surface area contributed by atoms with E-state index < -0.39 is 10.0 Å². The lowest BCUT2D eigenvalue weighted by Gasteiger charge is -2.30. The van der Waals surface area contributed by atoms with Gasteiger partial charge in [-0.3, -0.25) is 4.79 Å². The number of unbranched alkanes of at least 4 members (excludes halogenated alkanes) is 1. The van der Waals surface area contributed by atoms with E-state index in [1.54, 1.807) is 31.4 Å². The molecule has 0 atom stereocenters. The van der Waals surface area contributed by atoms with Gasteiger partial charge in [-0.25, -0.2) is 12.7 Å². The van der Waals surface area contributed by atoms with E-state index in [2.05, 4.69) is 5.32 Å². The van der Waals surface area contributed by atoms with E-state index >= 15 is 0 Å². The molecule has 1 aliphatic rings. The van der Waals surface area contributed by atoms with E-state index in [4.69, 9.17) is 4.74 Å². The van der Waals surface area contributed by atoms with Crippen molar-refractivity contribution in [3.05, 3.63) is 24.3 Å². The van der Waals surface area contributed by atoms with Crippen molar-refractivity contribution in [2.24, 2.45) is 5.92 Å². The number of ether oxygens (including phenoxy) is 1. The summed E-state index contributed by atoms with van der Waals surface area (Å²) in [6.45, 7) is 2.82. The molecule has 1 aromatic rings. The van der Waals surface area contributed by atoms with Crippen LogP contribution in [0.15, 0.2) is 24.3 Å². The Labute approximate surface area is 144 Å². The Balaban J connectivity index is 1.86. The number of nitrogens with zero attached hydrogens (tertiary/aromatic N) is 1. The summed E-state index contributed by atoms with van der Waals surface area (Å²) in [5.41, 5.74) is 0.721. The van der Waals surface area contributed by atoms with Gasteiger partial charge in [-0.2, -0.15) is 0 Å². The van der Waals surface area contributed by atoms with E-state index in [0.29, 0.717) is 32.4 Å². The summed E-state index contributed by atoms with van der Waals surface area (Å²) in [6, 6.07) is 7.17. The zero-order valence-electron chi connectivity index (χ0n) is 14.3. The SMILES string of the molecule is CCCCS(=O)(=O)N1CCC(C(=O)Nc2ccc(OC)cc2)CC1. The summed E-state index contributed by atoms with van der Waals surface area (Å²) in [5, 5.41) is 2.89. The van der Waals surface area contributed by atoms with Gasteiger partial charge >= 0.3 is 0 Å². The zero-order valence-corrected chi connectivity index (χ0v) is 15.1. The average Bonchev–Trinajstić information content (AvgIpc) is 2.60. The van der Waals surface area contributed by atoms with E-state index in [9.17, 15) is 13.2 Å². The monoisotopic (exact) mass is 354 g/mol. The Bertz CT molecular complexity index is 635. The van der Waals surface area contributed by atoms with Crippen molar-refractivity contribution in [2.75, 3.05) is 31.3 Å². The molecule has 6 nitrogen and oxygen atoms in total. The fourth-order valence-electron chi connectivity index (χ4n) is 2.77. The third kappa shape index (κ3) is 4.95. The number of hydrogen-bond donors (Lipinski definition) is 1. The van der Waals surface area contributed by atoms with Crippen LogP contribution in [-0.2, 0) is 14.8 Å². The van der Waals surface area contributed by atoms with Gasteiger partial charge in [0, 0.05) is 24.7 Å². The molecule has 0 aliphatic carbocycles. The van der Waals surface area contributed by atoms with Crippen LogP contribution in [0.2, 0.25) is 0 Å². The normalized spacial score (nSPS) is 16.8. The summed E-state index contributed by atoms with van der Waals surface area (Å²) in [4.78, 5) is 12.3. The van der Waals surface area contributed by atoms with Gasteiger partial charge in [-0.1, -0.05) is 13.3 Å². The number of piperidine rings is 1. The van der Waals surface area contributed by atoms with Crippen LogP contribution in [0.25, 0.3) is 0 Å². The Morgan fingerprint density at radius 2 is 1.88 bits per heavy atom. The Morgan fingerprint density at radius 1 is 1.25 bits per heavy atom. The molecule has 7 heteroatoms. The topological polar surface area (TPSA) is 75.7 Å². The molecule has 1 amide bonds. The van der Waals surface area contributed by atoms with E-state index in [0.717, 1.165) is 17.9 Å². The van der Waals surface area contributed by atoms with Gasteiger partial charge in [0.2, 0.25) is 15.9 Å². The highest BCUT2D eigenvalue weighted by Crippen LogP contribution is 2.23. The van der Waals surface area contributed by atoms with Gasteiger partial charge in [0.25, 0.3) is 0 Å². The Hall–Kier alpha value is -1.60. The van der Waals surface area contributed by atoms with Gasteiger partial charge in [-0.05, 0) is 43.5 Å². The number of sulfonamides is 1. The predicted octanol–water partition coefficient (Wildman–Crippen LogP) is 2.48. The zero-order chi connectivity index (χ0) is 17.6. The molecule has 0 spiro atoms. The lowest BCUT2D eigenvalue weighted by molar-refractivity contribution is -0.120. The first-order valence-electron chi connectivity index (χ1n) is 8.39. The molecule has 1 fully saturated rings. The number of anilines is 1. The standard InChI is InChI=1S/C17H26N2O4S/c1-3-4-13-24(21,22)19-11-9-14(10-12-19)17(20)18-15-5-7-16(23-2)8-6-15/h5-8,14H,3-4,9-13H2,1-2H3,(H,18,20). The largest absolute Gasteiger partial charge is 0.497 e. The first-order chi connectivity index (χ1) is 11.5. The van der Waals surface area contributed by atoms with Crippen molar-refractivity contribution in [1.82, 2.24) is 4.31 Å². The van der Waals surface area contributed by atoms with Crippen LogP contribution in [0.1, 0.15) is 32.6 Å². The minimum atomic E-state index is -3.17. The lowest BCUT2D eigenvalue weighted by Crippen LogP contribution is -2.42. The first-order valence-corrected chi connectivity index (χ1v) is 10.00. The summed E-state index contributed by atoms with van der Waals surface area (Å²) in [7, 11) is -1.58. The second-order valence-corrected chi connectivity index (χ2v) is 8.15. The summed E-state index contributed by atoms with van der Waals surface area (Å²) >= 11 is 0. The summed E-state index contributed by atoms with van der Waals surface area (Å²) in [6.07, 6.45) is 2.67. The third-order valence-corrected chi connectivity index (χ3v) is 6.29. The lowest BCUT2D eigenvalue weighted by atomic mass is 9.97. The molecule has 1 N–H and O–H groups in total. The third-order valence-electron chi connectivity index (χ3n) is 4.33. The number of methoxy groups -OCH3 is 1. The summed E-state index contributed by atoms with van der Waals surface area (Å²) < 4.78 is 31.0. The van der Waals surface area contributed by atoms with Crippen molar-refractivity contribution < 1.29 is 17.9 Å². The highest BCUT2D eigenvalue weighted by atomic mass is 32.2. The van der Waals surface area contributed by atoms with E-state index in [1.807, 2.05) is 6.92 Å². The molecule has 0 unspecified atom stereocenters. The van der Waals surface area contributed by atoms with Crippen LogP contribution in [0.4, 0.5) is 5.69 Å². The maximum atomic E-state index is 12.3. The number of rotatable bonds is 7. The quantitative estimate of drug-likeness (QED) is 0.816. The molecular formula is C17H26N2O4S. The summed E-state index contributed by atoms with van der Waals surface area (Å²) in [5.74, 6) is 0.737. The minimum absolute atomic E-state index is 0.0502. The molecule has 2 rings (SSSR count). The highest BCUT2D eigenvalue weighted by molar-refractivity contribution is 7.89. The van der Waals surface area contributed by atoms with Gasteiger partial charge in [0.05, 0.1) is 12.9 Å². The molecule has 1 aromatic carbocycles. The maximum absolute atomic E-state index is 12.3. The first kappa shape index (κ1) is 18.7. The molecule has 0 aromatic heterocycles. The van der Waals surface area contributed by atoms with E-state index in [-0.39, 0.29) is 17.6 Å². The highest BCUT2D eigenvalue weighted by Gasteiger charge is 2.30. The van der Waals surface area contributed by atoms with Crippen molar-refractivity contribution in [1.29, 1.82) is 0 Å². The van der Waals surface area contributed by atoms with Crippen LogP contribution in [-0.4, -0.2) is 44.6 Å². The van der Waals surface area contributed by atoms with Gasteiger partial charge in [0.15, 0.2) is 0 Å². The number of hydrogen-bond acceptors (Lipinski definition) is 4. The van der Waals surface area contributed by atoms with Crippen LogP contribution >= 0.6 is 0 Å². The fraction of sp³-hybridized carbons (Fsp3) is 0.588. The maximum Gasteiger partial charge on any atom is 0.227 e. The smallest absolute Gasteiger partial charge is 0.227 e.